The van der Waals surface area contributed by atoms with E-state index in [1.165, 1.54) is 89.9 Å². The topological polar surface area (TPSA) is 44.3 Å². The maximum atomic E-state index is 8.76. The first-order valence-electron chi connectivity index (χ1n) is 11.5. The molecule has 0 bridgehead atoms. The van der Waals surface area contributed by atoms with E-state index in [1.807, 2.05) is 0 Å². The summed E-state index contributed by atoms with van der Waals surface area (Å²) in [5, 5.41) is 15.5. The van der Waals surface area contributed by atoms with Gasteiger partial charge in [-0.1, -0.05) is 76.9 Å². The molecular formula is C23H48N2O. The Morgan fingerprint density at radius 3 is 1.85 bits per heavy atom. The summed E-state index contributed by atoms with van der Waals surface area (Å²) in [5.74, 6) is 0. The zero-order valence-corrected chi connectivity index (χ0v) is 17.9. The smallest absolute Gasteiger partial charge is 0.0556 e. The zero-order valence-electron chi connectivity index (χ0n) is 17.9. The van der Waals surface area contributed by atoms with Gasteiger partial charge in [-0.25, -0.2) is 0 Å². The molecule has 0 heterocycles. The third-order valence-electron chi connectivity index (χ3n) is 4.92. The van der Waals surface area contributed by atoms with Crippen molar-refractivity contribution in [2.45, 2.75) is 110 Å². The Kier molecular flexibility index (Phi) is 22.3. The lowest BCUT2D eigenvalue weighted by Crippen LogP contribution is -2.38. The highest BCUT2D eigenvalue weighted by atomic mass is 16.3. The van der Waals surface area contributed by atoms with Crippen molar-refractivity contribution in [3.8, 4) is 0 Å². The summed E-state index contributed by atoms with van der Waals surface area (Å²) in [4.78, 5) is 0. The van der Waals surface area contributed by atoms with Crippen molar-refractivity contribution in [2.75, 3.05) is 26.2 Å². The molecule has 0 radical (unpaired) electrons. The third kappa shape index (κ3) is 21.7. The van der Waals surface area contributed by atoms with Crippen LogP contribution in [0.1, 0.15) is 104 Å². The molecule has 0 aromatic rings. The van der Waals surface area contributed by atoms with Crippen LogP contribution in [0.3, 0.4) is 0 Å². The van der Waals surface area contributed by atoms with Crippen molar-refractivity contribution >= 4 is 0 Å². The van der Waals surface area contributed by atoms with Crippen LogP contribution in [-0.4, -0.2) is 37.4 Å². The van der Waals surface area contributed by atoms with Crippen LogP contribution in [0.4, 0.5) is 0 Å². The van der Waals surface area contributed by atoms with Crippen LogP contribution in [-0.2, 0) is 0 Å². The van der Waals surface area contributed by atoms with Crippen molar-refractivity contribution in [3.05, 3.63) is 12.2 Å². The minimum absolute atomic E-state index is 0.221. The summed E-state index contributed by atoms with van der Waals surface area (Å²) in [6, 6.07) is 0.441. The third-order valence-corrected chi connectivity index (χ3v) is 4.92. The molecule has 0 aliphatic rings. The summed E-state index contributed by atoms with van der Waals surface area (Å²) in [6.45, 7) is 7.46. The lowest BCUT2D eigenvalue weighted by molar-refractivity contribution is 0.285. The fourth-order valence-corrected chi connectivity index (χ4v) is 3.20. The van der Waals surface area contributed by atoms with Crippen LogP contribution < -0.4 is 10.6 Å². The molecule has 156 valence electrons. The average Bonchev–Trinajstić information content (AvgIpc) is 2.65. The number of hydrogen-bond donors (Lipinski definition) is 3. The summed E-state index contributed by atoms with van der Waals surface area (Å²) in [5.41, 5.74) is 0. The van der Waals surface area contributed by atoms with E-state index in [0.29, 0.717) is 12.6 Å². The lowest BCUT2D eigenvalue weighted by atomic mass is 10.1. The quantitative estimate of drug-likeness (QED) is 0.183. The Hall–Kier alpha value is -0.380. The van der Waals surface area contributed by atoms with Gasteiger partial charge in [-0.2, -0.15) is 0 Å². The van der Waals surface area contributed by atoms with Gasteiger partial charge in [0, 0.05) is 19.1 Å². The molecule has 0 fully saturated rings. The van der Waals surface area contributed by atoms with E-state index < -0.39 is 0 Å². The second kappa shape index (κ2) is 22.7. The van der Waals surface area contributed by atoms with Gasteiger partial charge in [-0.05, 0) is 45.6 Å². The van der Waals surface area contributed by atoms with E-state index in [1.54, 1.807) is 0 Å². The minimum atomic E-state index is 0.221. The molecule has 0 aromatic carbocycles. The average molecular weight is 369 g/mol. The monoisotopic (exact) mass is 368 g/mol. The largest absolute Gasteiger partial charge is 0.395 e. The first-order chi connectivity index (χ1) is 12.8. The molecule has 3 heteroatoms. The van der Waals surface area contributed by atoms with Crippen molar-refractivity contribution in [1.82, 2.24) is 10.6 Å². The number of aliphatic hydroxyl groups excluding tert-OH is 1. The molecule has 0 rings (SSSR count). The molecular weight excluding hydrogens is 320 g/mol. The number of aliphatic hydroxyl groups is 1. The maximum Gasteiger partial charge on any atom is 0.0556 e. The van der Waals surface area contributed by atoms with Gasteiger partial charge in [-0.3, -0.25) is 0 Å². The number of hydrogen-bond acceptors (Lipinski definition) is 3. The molecule has 3 N–H and O–H groups in total. The summed E-state index contributed by atoms with van der Waals surface area (Å²) in [6.07, 6.45) is 23.9. The molecule has 26 heavy (non-hydrogen) atoms. The van der Waals surface area contributed by atoms with Crippen LogP contribution in [0.25, 0.3) is 0 Å². The van der Waals surface area contributed by atoms with Gasteiger partial charge < -0.3 is 15.7 Å². The van der Waals surface area contributed by atoms with Crippen LogP contribution in [0.5, 0.6) is 0 Å². The number of rotatable bonds is 21. The standard InChI is InChI=1S/C23H48N2O/c1-3-4-5-6-7-8-9-10-11-12-13-14-15-16-17-18-19-24-22-23(2)25-20-21-26/h10-11,23-26H,3-9,12-22H2,1-2H3/b11-10-. The molecule has 1 atom stereocenters. The van der Waals surface area contributed by atoms with Gasteiger partial charge in [-0.15, -0.1) is 0 Å². The first kappa shape index (κ1) is 25.6. The minimum Gasteiger partial charge on any atom is -0.395 e. The van der Waals surface area contributed by atoms with Gasteiger partial charge in [0.25, 0.3) is 0 Å². The van der Waals surface area contributed by atoms with E-state index >= 15 is 0 Å². The number of unbranched alkanes of at least 4 members (excludes halogenated alkanes) is 12. The maximum absolute atomic E-state index is 8.76. The first-order valence-corrected chi connectivity index (χ1v) is 11.5. The van der Waals surface area contributed by atoms with Gasteiger partial charge in [0.2, 0.25) is 0 Å². The predicted octanol–water partition coefficient (Wildman–Crippen LogP) is 5.58. The lowest BCUT2D eigenvalue weighted by Gasteiger charge is -2.13. The Bertz CT molecular complexity index is 281. The van der Waals surface area contributed by atoms with Crippen LogP contribution in [0.2, 0.25) is 0 Å². The van der Waals surface area contributed by atoms with E-state index in [9.17, 15) is 0 Å². The molecule has 0 aliphatic carbocycles. The highest BCUT2D eigenvalue weighted by Crippen LogP contribution is 2.09. The normalized spacial score (nSPS) is 12.9. The molecule has 0 aromatic heterocycles. The van der Waals surface area contributed by atoms with E-state index in [0.717, 1.165) is 13.1 Å². The van der Waals surface area contributed by atoms with E-state index in [-0.39, 0.29) is 6.61 Å². The molecule has 0 saturated heterocycles. The van der Waals surface area contributed by atoms with Crippen LogP contribution >= 0.6 is 0 Å². The number of nitrogens with one attached hydrogen (secondary N) is 2. The zero-order chi connectivity index (χ0) is 19.1. The Balaban J connectivity index is 3.11. The number of allylic oxidation sites excluding steroid dienone is 2. The second-order valence-electron chi connectivity index (χ2n) is 7.72. The summed E-state index contributed by atoms with van der Waals surface area (Å²) >= 11 is 0. The fourth-order valence-electron chi connectivity index (χ4n) is 3.20. The Morgan fingerprint density at radius 2 is 1.27 bits per heavy atom. The fraction of sp³-hybridized carbons (Fsp3) is 0.913. The van der Waals surface area contributed by atoms with Crippen molar-refractivity contribution < 1.29 is 5.11 Å². The van der Waals surface area contributed by atoms with Crippen LogP contribution in [0.15, 0.2) is 12.2 Å². The van der Waals surface area contributed by atoms with Gasteiger partial charge in [0.05, 0.1) is 6.61 Å². The molecule has 0 spiro atoms. The predicted molar refractivity (Wildman–Crippen MR) is 117 cm³/mol. The second-order valence-corrected chi connectivity index (χ2v) is 7.72. The van der Waals surface area contributed by atoms with Crippen molar-refractivity contribution in [2.24, 2.45) is 0 Å². The van der Waals surface area contributed by atoms with E-state index in [2.05, 4.69) is 36.6 Å². The van der Waals surface area contributed by atoms with Gasteiger partial charge in [0.1, 0.15) is 0 Å². The van der Waals surface area contributed by atoms with Crippen LogP contribution in [0, 0.1) is 0 Å². The Labute approximate surface area is 164 Å². The van der Waals surface area contributed by atoms with Gasteiger partial charge in [0.15, 0.2) is 0 Å². The molecule has 1 unspecified atom stereocenters. The highest BCUT2D eigenvalue weighted by molar-refractivity contribution is 4.81. The molecule has 0 aliphatic heterocycles. The van der Waals surface area contributed by atoms with Gasteiger partial charge >= 0.3 is 0 Å². The summed E-state index contributed by atoms with van der Waals surface area (Å²) < 4.78 is 0. The van der Waals surface area contributed by atoms with Crippen molar-refractivity contribution in [3.63, 3.8) is 0 Å². The summed E-state index contributed by atoms with van der Waals surface area (Å²) in [7, 11) is 0. The highest BCUT2D eigenvalue weighted by Gasteiger charge is 1.98. The molecule has 3 nitrogen and oxygen atoms in total. The van der Waals surface area contributed by atoms with E-state index in [4.69, 9.17) is 5.11 Å². The molecule has 0 amide bonds. The SMILES string of the molecule is CCCCCCCC/C=C\CCCCCCCCNCC(C)NCCO. The molecule has 0 saturated carbocycles. The Morgan fingerprint density at radius 1 is 0.731 bits per heavy atom. The van der Waals surface area contributed by atoms with Crippen molar-refractivity contribution in [1.29, 1.82) is 0 Å².